The minimum absolute atomic E-state index is 0.0539. The fourth-order valence-electron chi connectivity index (χ4n) is 4.65. The molecule has 2 aliphatic rings. The number of aryl methyl sites for hydroxylation is 1. The van der Waals surface area contributed by atoms with Gasteiger partial charge >= 0.3 is 6.18 Å². The standard InChI is InChI=1S/C23H21F3N2O3/c1-27-21(31)16-7-3-5-9-18(16)22(27)12-13-28(14-19(22)29)20(30)11-10-15-6-2-4-8-17(15)23(24,25)26/h2-9H,10-14H2,1H3. The van der Waals surface area contributed by atoms with E-state index < -0.39 is 17.3 Å². The average molecular weight is 430 g/mol. The Bertz CT molecular complexity index is 1070. The van der Waals surface area contributed by atoms with Crippen LogP contribution in [0.5, 0.6) is 0 Å². The van der Waals surface area contributed by atoms with E-state index in [4.69, 9.17) is 0 Å². The highest BCUT2D eigenvalue weighted by molar-refractivity contribution is 6.08. The first kappa shape index (κ1) is 21.1. The third-order valence-electron chi connectivity index (χ3n) is 6.30. The molecule has 162 valence electrons. The number of Topliss-reactive ketones (excluding diaryl/α,β-unsaturated/α-hetero) is 1. The van der Waals surface area contributed by atoms with Crippen molar-refractivity contribution in [1.29, 1.82) is 0 Å². The summed E-state index contributed by atoms with van der Waals surface area (Å²) in [5.41, 5.74) is -0.647. The van der Waals surface area contributed by atoms with Crippen molar-refractivity contribution < 1.29 is 27.6 Å². The third kappa shape index (κ3) is 3.40. The summed E-state index contributed by atoms with van der Waals surface area (Å²) < 4.78 is 39.5. The molecule has 1 spiro atoms. The number of halogens is 3. The second-order valence-corrected chi connectivity index (χ2v) is 7.91. The number of alkyl halides is 3. The highest BCUT2D eigenvalue weighted by Gasteiger charge is 2.54. The number of fused-ring (bicyclic) bond motifs is 2. The fourth-order valence-corrected chi connectivity index (χ4v) is 4.65. The fraction of sp³-hybridized carbons (Fsp3) is 0.348. The van der Waals surface area contributed by atoms with Crippen molar-refractivity contribution in [3.63, 3.8) is 0 Å². The van der Waals surface area contributed by atoms with Crippen LogP contribution in [0.25, 0.3) is 0 Å². The summed E-state index contributed by atoms with van der Waals surface area (Å²) in [6, 6.07) is 12.1. The van der Waals surface area contributed by atoms with Crippen LogP contribution in [-0.4, -0.2) is 47.5 Å². The second kappa shape index (κ2) is 7.51. The maximum Gasteiger partial charge on any atom is 0.416 e. The summed E-state index contributed by atoms with van der Waals surface area (Å²) in [6.45, 7) is 0.0726. The van der Waals surface area contributed by atoms with Crippen LogP contribution in [0.1, 0.15) is 39.9 Å². The van der Waals surface area contributed by atoms with Crippen LogP contribution in [-0.2, 0) is 27.7 Å². The number of hydrogen-bond acceptors (Lipinski definition) is 3. The quantitative estimate of drug-likeness (QED) is 0.750. The van der Waals surface area contributed by atoms with Gasteiger partial charge in [0.15, 0.2) is 5.78 Å². The normalized spacial score (nSPS) is 21.0. The maximum absolute atomic E-state index is 13.2. The molecule has 0 saturated carbocycles. The molecule has 31 heavy (non-hydrogen) atoms. The number of rotatable bonds is 3. The zero-order chi connectivity index (χ0) is 22.4. The lowest BCUT2D eigenvalue weighted by atomic mass is 9.80. The molecule has 0 aromatic heterocycles. The number of amides is 2. The van der Waals surface area contributed by atoms with Gasteiger partial charge in [-0.2, -0.15) is 13.2 Å². The van der Waals surface area contributed by atoms with Gasteiger partial charge in [-0.25, -0.2) is 0 Å². The van der Waals surface area contributed by atoms with Crippen molar-refractivity contribution in [3.8, 4) is 0 Å². The summed E-state index contributed by atoms with van der Waals surface area (Å²) >= 11 is 0. The van der Waals surface area contributed by atoms with Gasteiger partial charge in [-0.05, 0) is 36.1 Å². The van der Waals surface area contributed by atoms with Crippen LogP contribution < -0.4 is 0 Å². The van der Waals surface area contributed by atoms with Crippen molar-refractivity contribution in [2.45, 2.75) is 31.0 Å². The van der Waals surface area contributed by atoms with Crippen LogP contribution in [0.4, 0.5) is 13.2 Å². The molecule has 1 fully saturated rings. The summed E-state index contributed by atoms with van der Waals surface area (Å²) in [5, 5.41) is 0. The first-order valence-corrected chi connectivity index (χ1v) is 10.00. The molecule has 0 aliphatic carbocycles. The Morgan fingerprint density at radius 2 is 1.74 bits per heavy atom. The van der Waals surface area contributed by atoms with Crippen molar-refractivity contribution in [3.05, 3.63) is 70.8 Å². The van der Waals surface area contributed by atoms with E-state index >= 15 is 0 Å². The molecule has 1 atom stereocenters. The summed E-state index contributed by atoms with van der Waals surface area (Å²) in [7, 11) is 1.59. The molecule has 8 heteroatoms. The molecule has 2 aromatic carbocycles. The number of piperidine rings is 1. The first-order valence-electron chi connectivity index (χ1n) is 10.00. The molecule has 0 radical (unpaired) electrons. The van der Waals surface area contributed by atoms with Gasteiger partial charge in [0.1, 0.15) is 5.54 Å². The highest BCUT2D eigenvalue weighted by Crippen LogP contribution is 2.43. The third-order valence-corrected chi connectivity index (χ3v) is 6.30. The Kier molecular flexibility index (Phi) is 5.11. The van der Waals surface area contributed by atoms with E-state index in [9.17, 15) is 27.6 Å². The molecule has 2 aromatic rings. The van der Waals surface area contributed by atoms with E-state index in [1.807, 2.05) is 0 Å². The van der Waals surface area contributed by atoms with E-state index in [1.54, 1.807) is 31.3 Å². The lowest BCUT2D eigenvalue weighted by Crippen LogP contribution is -2.58. The Balaban J connectivity index is 1.48. The number of hydrogen-bond donors (Lipinski definition) is 0. The van der Waals surface area contributed by atoms with E-state index in [0.29, 0.717) is 11.1 Å². The molecule has 2 heterocycles. The van der Waals surface area contributed by atoms with Crippen molar-refractivity contribution in [1.82, 2.24) is 9.80 Å². The summed E-state index contributed by atoms with van der Waals surface area (Å²) in [4.78, 5) is 41.3. The van der Waals surface area contributed by atoms with Crippen LogP contribution in [0.2, 0.25) is 0 Å². The lowest BCUT2D eigenvalue weighted by Gasteiger charge is -2.42. The zero-order valence-corrected chi connectivity index (χ0v) is 16.9. The van der Waals surface area contributed by atoms with Gasteiger partial charge in [-0.3, -0.25) is 14.4 Å². The number of likely N-dealkylation sites (N-methyl/N-ethyl adjacent to an activating group) is 1. The van der Waals surface area contributed by atoms with Crippen molar-refractivity contribution in [2.24, 2.45) is 0 Å². The van der Waals surface area contributed by atoms with E-state index in [0.717, 1.165) is 6.07 Å². The summed E-state index contributed by atoms with van der Waals surface area (Å²) in [6.07, 6.45) is -4.42. The van der Waals surface area contributed by atoms with Gasteiger partial charge in [0.05, 0.1) is 12.1 Å². The van der Waals surface area contributed by atoms with Crippen LogP contribution in [0.15, 0.2) is 48.5 Å². The van der Waals surface area contributed by atoms with E-state index in [-0.39, 0.29) is 55.5 Å². The maximum atomic E-state index is 13.2. The van der Waals surface area contributed by atoms with E-state index in [2.05, 4.69) is 0 Å². The highest BCUT2D eigenvalue weighted by atomic mass is 19.4. The SMILES string of the molecule is CN1C(=O)c2ccccc2C12CCN(C(=O)CCc1ccccc1C(F)(F)F)CC2=O. The van der Waals surface area contributed by atoms with Crippen molar-refractivity contribution in [2.75, 3.05) is 20.1 Å². The van der Waals surface area contributed by atoms with Gasteiger partial charge < -0.3 is 9.80 Å². The Morgan fingerprint density at radius 1 is 1.06 bits per heavy atom. The molecule has 0 N–H and O–H groups in total. The van der Waals surface area contributed by atoms with Gasteiger partial charge in [-0.1, -0.05) is 36.4 Å². The number of benzene rings is 2. The number of carbonyl (C=O) groups excluding carboxylic acids is 3. The predicted octanol–water partition coefficient (Wildman–Crippen LogP) is 3.42. The van der Waals surface area contributed by atoms with Gasteiger partial charge in [0, 0.05) is 25.6 Å². The van der Waals surface area contributed by atoms with Crippen LogP contribution in [0.3, 0.4) is 0 Å². The minimum atomic E-state index is -4.49. The number of nitrogens with zero attached hydrogens (tertiary/aromatic N) is 2. The van der Waals surface area contributed by atoms with Gasteiger partial charge in [0.2, 0.25) is 5.91 Å². The number of likely N-dealkylation sites (tertiary alicyclic amines) is 1. The Hall–Kier alpha value is -3.16. The average Bonchev–Trinajstić information content (AvgIpc) is 2.96. The molecule has 0 bridgehead atoms. The number of carbonyl (C=O) groups is 3. The molecular formula is C23H21F3N2O3. The predicted molar refractivity (Wildman–Crippen MR) is 106 cm³/mol. The Morgan fingerprint density at radius 3 is 2.45 bits per heavy atom. The smallest absolute Gasteiger partial charge is 0.335 e. The molecular weight excluding hydrogens is 409 g/mol. The summed E-state index contributed by atoms with van der Waals surface area (Å²) in [5.74, 6) is -0.864. The van der Waals surface area contributed by atoms with E-state index in [1.165, 1.54) is 28.0 Å². The minimum Gasteiger partial charge on any atom is -0.335 e. The Labute approximate surface area is 177 Å². The lowest BCUT2D eigenvalue weighted by molar-refractivity contribution is -0.144. The molecule has 1 saturated heterocycles. The molecule has 4 rings (SSSR count). The molecule has 2 amide bonds. The largest absolute Gasteiger partial charge is 0.416 e. The van der Waals surface area contributed by atoms with Gasteiger partial charge in [-0.15, -0.1) is 0 Å². The van der Waals surface area contributed by atoms with Crippen LogP contribution in [0, 0.1) is 0 Å². The zero-order valence-electron chi connectivity index (χ0n) is 16.9. The molecule has 2 aliphatic heterocycles. The van der Waals surface area contributed by atoms with Crippen molar-refractivity contribution >= 4 is 17.6 Å². The monoisotopic (exact) mass is 430 g/mol. The molecule has 5 nitrogen and oxygen atoms in total. The van der Waals surface area contributed by atoms with Gasteiger partial charge in [0.25, 0.3) is 5.91 Å². The topological polar surface area (TPSA) is 57.7 Å². The number of ketones is 1. The first-order chi connectivity index (χ1) is 14.7. The second-order valence-electron chi connectivity index (χ2n) is 7.91. The molecule has 1 unspecified atom stereocenters. The van der Waals surface area contributed by atoms with Crippen LogP contribution >= 0.6 is 0 Å².